The molecule has 1 heterocycles. The van der Waals surface area contributed by atoms with E-state index in [9.17, 15) is 18.4 Å². The van der Waals surface area contributed by atoms with Gasteiger partial charge in [-0.05, 0) is 59.5 Å². The molecule has 1 aromatic heterocycles. The first-order valence-electron chi connectivity index (χ1n) is 8.92. The van der Waals surface area contributed by atoms with Gasteiger partial charge in [-0.3, -0.25) is 4.79 Å². The summed E-state index contributed by atoms with van der Waals surface area (Å²) in [5.74, 6) is -0.563. The number of carbonyl (C=O) groups is 2. The van der Waals surface area contributed by atoms with Crippen LogP contribution < -0.4 is 19.5 Å². The Bertz CT molecular complexity index is 1070. The largest absolute Gasteiger partial charge is 0.493 e. The van der Waals surface area contributed by atoms with E-state index in [1.807, 2.05) is 5.38 Å². The second-order valence-corrected chi connectivity index (χ2v) is 6.95. The normalized spacial score (nSPS) is 10.8. The van der Waals surface area contributed by atoms with E-state index in [0.29, 0.717) is 21.9 Å². The molecule has 0 unspecified atom stereocenters. The van der Waals surface area contributed by atoms with Gasteiger partial charge in [0.2, 0.25) is 0 Å². The molecule has 0 bridgehead atoms. The third-order valence-corrected chi connectivity index (χ3v) is 4.76. The van der Waals surface area contributed by atoms with Gasteiger partial charge >= 0.3 is 12.6 Å². The Morgan fingerprint density at radius 2 is 1.84 bits per heavy atom. The van der Waals surface area contributed by atoms with Crippen LogP contribution in [0.5, 0.6) is 17.2 Å². The van der Waals surface area contributed by atoms with Gasteiger partial charge in [-0.15, -0.1) is 11.3 Å². The number of nitrogens with one attached hydrogen (secondary N) is 1. The summed E-state index contributed by atoms with van der Waals surface area (Å²) in [7, 11) is 1.32. The predicted molar refractivity (Wildman–Crippen MR) is 113 cm³/mol. The summed E-state index contributed by atoms with van der Waals surface area (Å²) in [6.07, 6.45) is 2.64. The molecule has 0 fully saturated rings. The molecule has 0 aliphatic heterocycles. The molecule has 0 aliphatic rings. The van der Waals surface area contributed by atoms with Crippen molar-refractivity contribution in [3.63, 3.8) is 0 Å². The SMILES string of the molecule is COc1cc(/C=C/C(=O)Oc2ccc(NC(=O)c3cccs3)cc2)ccc1OC(F)F. The van der Waals surface area contributed by atoms with Crippen LogP contribution in [0.25, 0.3) is 6.08 Å². The number of rotatable bonds is 8. The monoisotopic (exact) mass is 445 g/mol. The average Bonchev–Trinajstić information content (AvgIpc) is 3.29. The summed E-state index contributed by atoms with van der Waals surface area (Å²) >= 11 is 1.33. The Balaban J connectivity index is 1.57. The van der Waals surface area contributed by atoms with Crippen molar-refractivity contribution in [3.05, 3.63) is 76.5 Å². The number of ether oxygens (including phenoxy) is 3. The predicted octanol–water partition coefficient (Wildman–Crippen LogP) is 5.23. The lowest BCUT2D eigenvalue weighted by Gasteiger charge is -2.10. The van der Waals surface area contributed by atoms with Crippen molar-refractivity contribution in [2.45, 2.75) is 6.61 Å². The molecule has 0 saturated heterocycles. The average molecular weight is 445 g/mol. The molecule has 2 aromatic carbocycles. The fourth-order valence-corrected chi connectivity index (χ4v) is 3.12. The molecule has 0 aliphatic carbocycles. The lowest BCUT2D eigenvalue weighted by molar-refractivity contribution is -0.128. The minimum absolute atomic E-state index is 0.107. The molecule has 31 heavy (non-hydrogen) atoms. The van der Waals surface area contributed by atoms with Crippen molar-refractivity contribution in [2.24, 2.45) is 0 Å². The van der Waals surface area contributed by atoms with Crippen LogP contribution in [0, 0.1) is 0 Å². The molecule has 1 N–H and O–H groups in total. The summed E-state index contributed by atoms with van der Waals surface area (Å²) in [6, 6.07) is 14.1. The molecule has 160 valence electrons. The van der Waals surface area contributed by atoms with Gasteiger partial charge < -0.3 is 19.5 Å². The van der Waals surface area contributed by atoms with Gasteiger partial charge in [-0.1, -0.05) is 12.1 Å². The fraction of sp³-hybridized carbons (Fsp3) is 0.0909. The lowest BCUT2D eigenvalue weighted by Crippen LogP contribution is -2.10. The third kappa shape index (κ3) is 6.38. The third-order valence-electron chi connectivity index (χ3n) is 3.89. The van der Waals surface area contributed by atoms with E-state index >= 15 is 0 Å². The van der Waals surface area contributed by atoms with Crippen molar-refractivity contribution in [1.82, 2.24) is 0 Å². The number of carbonyl (C=O) groups excluding carboxylic acids is 2. The topological polar surface area (TPSA) is 73.9 Å². The van der Waals surface area contributed by atoms with Crippen LogP contribution in [0.2, 0.25) is 0 Å². The van der Waals surface area contributed by atoms with Crippen LogP contribution in [0.15, 0.2) is 66.1 Å². The number of methoxy groups -OCH3 is 1. The maximum Gasteiger partial charge on any atom is 0.387 e. The maximum atomic E-state index is 12.4. The quantitative estimate of drug-likeness (QED) is 0.292. The van der Waals surface area contributed by atoms with Crippen molar-refractivity contribution >= 4 is 35.0 Å². The van der Waals surface area contributed by atoms with Crippen LogP contribution in [0.3, 0.4) is 0 Å². The van der Waals surface area contributed by atoms with E-state index < -0.39 is 12.6 Å². The van der Waals surface area contributed by atoms with E-state index in [4.69, 9.17) is 9.47 Å². The van der Waals surface area contributed by atoms with E-state index in [-0.39, 0.29) is 17.4 Å². The number of halogens is 2. The van der Waals surface area contributed by atoms with Gasteiger partial charge in [-0.2, -0.15) is 8.78 Å². The van der Waals surface area contributed by atoms with Crippen molar-refractivity contribution in [1.29, 1.82) is 0 Å². The van der Waals surface area contributed by atoms with Crippen molar-refractivity contribution < 1.29 is 32.6 Å². The number of esters is 1. The van der Waals surface area contributed by atoms with Crippen molar-refractivity contribution in [2.75, 3.05) is 12.4 Å². The summed E-state index contributed by atoms with van der Waals surface area (Å²) in [4.78, 5) is 24.7. The Kier molecular flexibility index (Phi) is 7.34. The summed E-state index contributed by atoms with van der Waals surface area (Å²) in [5.41, 5.74) is 1.09. The Labute approximate surface area is 180 Å². The Morgan fingerprint density at radius 1 is 1.06 bits per heavy atom. The maximum absolute atomic E-state index is 12.4. The molecule has 0 atom stereocenters. The molecule has 9 heteroatoms. The first-order chi connectivity index (χ1) is 14.9. The zero-order chi connectivity index (χ0) is 22.2. The Morgan fingerprint density at radius 3 is 2.48 bits per heavy atom. The lowest BCUT2D eigenvalue weighted by atomic mass is 10.2. The fourth-order valence-electron chi connectivity index (χ4n) is 2.50. The van der Waals surface area contributed by atoms with Gasteiger partial charge in [0, 0.05) is 11.8 Å². The van der Waals surface area contributed by atoms with Crippen molar-refractivity contribution in [3.8, 4) is 17.2 Å². The molecule has 0 radical (unpaired) electrons. The summed E-state index contributed by atoms with van der Waals surface area (Å²) < 4.78 is 39.3. The van der Waals surface area contributed by atoms with Crippen LogP contribution in [-0.2, 0) is 4.79 Å². The number of hydrogen-bond donors (Lipinski definition) is 1. The molecule has 0 spiro atoms. The highest BCUT2D eigenvalue weighted by Crippen LogP contribution is 2.30. The molecule has 6 nitrogen and oxygen atoms in total. The first-order valence-corrected chi connectivity index (χ1v) is 9.80. The highest BCUT2D eigenvalue weighted by atomic mass is 32.1. The summed E-state index contributed by atoms with van der Waals surface area (Å²) in [5, 5.41) is 4.56. The van der Waals surface area contributed by atoms with E-state index in [0.717, 1.165) is 0 Å². The second kappa shape index (κ2) is 10.4. The highest BCUT2D eigenvalue weighted by molar-refractivity contribution is 7.12. The van der Waals surface area contributed by atoms with Crippen LogP contribution in [0.1, 0.15) is 15.2 Å². The van der Waals surface area contributed by atoms with E-state index in [2.05, 4.69) is 10.1 Å². The number of amides is 1. The molecule has 0 saturated carbocycles. The number of hydrogen-bond acceptors (Lipinski definition) is 6. The van der Waals surface area contributed by atoms with Crippen LogP contribution in [0.4, 0.5) is 14.5 Å². The van der Waals surface area contributed by atoms with Gasteiger partial charge in [0.05, 0.1) is 12.0 Å². The number of thiophene rings is 1. The first kappa shape index (κ1) is 22.0. The van der Waals surface area contributed by atoms with Gasteiger partial charge in [0.25, 0.3) is 5.91 Å². The number of benzene rings is 2. The number of anilines is 1. The molecule has 3 aromatic rings. The van der Waals surface area contributed by atoms with Crippen LogP contribution in [-0.4, -0.2) is 25.6 Å². The van der Waals surface area contributed by atoms with Crippen LogP contribution >= 0.6 is 11.3 Å². The molecule has 3 rings (SSSR count). The van der Waals surface area contributed by atoms with E-state index in [1.54, 1.807) is 36.4 Å². The zero-order valence-corrected chi connectivity index (χ0v) is 17.0. The smallest absolute Gasteiger partial charge is 0.387 e. The molecule has 1 amide bonds. The Hall–Kier alpha value is -3.72. The zero-order valence-electron chi connectivity index (χ0n) is 16.2. The van der Waals surface area contributed by atoms with Gasteiger partial charge in [0.15, 0.2) is 11.5 Å². The van der Waals surface area contributed by atoms with Gasteiger partial charge in [0.1, 0.15) is 5.75 Å². The highest BCUT2D eigenvalue weighted by Gasteiger charge is 2.11. The number of alkyl halides is 2. The van der Waals surface area contributed by atoms with E-state index in [1.165, 1.54) is 48.8 Å². The molecular weight excluding hydrogens is 428 g/mol. The summed E-state index contributed by atoms with van der Waals surface area (Å²) in [6.45, 7) is -2.97. The minimum atomic E-state index is -2.97. The second-order valence-electron chi connectivity index (χ2n) is 6.00. The molecular formula is C22H17F2NO5S. The standard InChI is InChI=1S/C22H17F2NO5S/c1-28-18-13-14(4-10-17(18)30-22(23)24)5-11-20(26)29-16-8-6-15(7-9-16)25-21(27)19-3-2-12-31-19/h2-13,22H,1H3,(H,25,27)/b11-5+. The van der Waals surface area contributed by atoms with Gasteiger partial charge in [-0.25, -0.2) is 4.79 Å². The minimum Gasteiger partial charge on any atom is -0.493 e.